The van der Waals surface area contributed by atoms with Crippen molar-refractivity contribution in [2.75, 3.05) is 26.3 Å². The van der Waals surface area contributed by atoms with Crippen molar-refractivity contribution in [2.45, 2.75) is 44.9 Å². The van der Waals surface area contributed by atoms with Gasteiger partial charge in [-0.2, -0.15) is 0 Å². The van der Waals surface area contributed by atoms with E-state index in [9.17, 15) is 9.90 Å². The van der Waals surface area contributed by atoms with E-state index in [1.165, 1.54) is 6.42 Å². The third-order valence-electron chi connectivity index (χ3n) is 5.49. The van der Waals surface area contributed by atoms with Crippen LogP contribution >= 0.6 is 0 Å². The zero-order valence-electron chi connectivity index (χ0n) is 15.0. The van der Waals surface area contributed by atoms with Gasteiger partial charge in [0, 0.05) is 24.1 Å². The number of hydrogen-bond acceptors (Lipinski definition) is 3. The van der Waals surface area contributed by atoms with E-state index in [1.54, 1.807) is 0 Å². The highest BCUT2D eigenvalue weighted by Gasteiger charge is 2.37. The molecule has 3 rings (SSSR count). The Balaban J connectivity index is 1.58. The standard InChI is InChI=1S/C21H29NO3/c23-17-21(13-15-25-19-10-5-2-6-11-19)12-7-14-22(16-21)20(24)18-8-3-1-4-9-18/h2,5-6,8,10-11,23H,1,3-4,7,9,12-17H2/t21-/m1/s1. The lowest BCUT2D eigenvalue weighted by atomic mass is 9.77. The number of likely N-dealkylation sites (tertiary alicyclic amines) is 1. The Labute approximate surface area is 150 Å². The molecular weight excluding hydrogens is 314 g/mol. The van der Waals surface area contributed by atoms with Crippen LogP contribution in [0.25, 0.3) is 0 Å². The van der Waals surface area contributed by atoms with Crippen LogP contribution in [0.1, 0.15) is 44.9 Å². The smallest absolute Gasteiger partial charge is 0.249 e. The highest BCUT2D eigenvalue weighted by atomic mass is 16.5. The molecule has 1 aliphatic heterocycles. The SMILES string of the molecule is O=C(C1=CCCCC1)N1CCC[C@@](CO)(CCOc2ccccc2)C1. The average molecular weight is 343 g/mol. The van der Waals surface area contributed by atoms with Crippen LogP contribution in [0.5, 0.6) is 5.75 Å². The van der Waals surface area contributed by atoms with Crippen molar-refractivity contribution >= 4 is 5.91 Å². The Morgan fingerprint density at radius 2 is 2.04 bits per heavy atom. The Hall–Kier alpha value is -1.81. The molecule has 0 radical (unpaired) electrons. The monoisotopic (exact) mass is 343 g/mol. The van der Waals surface area contributed by atoms with E-state index in [4.69, 9.17) is 4.74 Å². The molecule has 0 unspecified atom stereocenters. The maximum absolute atomic E-state index is 12.8. The summed E-state index contributed by atoms with van der Waals surface area (Å²) in [6.07, 6.45) is 9.00. The number of ether oxygens (including phenoxy) is 1. The molecule has 0 bridgehead atoms. The topological polar surface area (TPSA) is 49.8 Å². The van der Waals surface area contributed by atoms with Gasteiger partial charge in [-0.1, -0.05) is 24.3 Å². The van der Waals surface area contributed by atoms with Gasteiger partial charge >= 0.3 is 0 Å². The fourth-order valence-electron chi connectivity index (χ4n) is 3.93. The number of benzene rings is 1. The normalized spacial score (nSPS) is 23.9. The van der Waals surface area contributed by atoms with Crippen LogP contribution in [0.3, 0.4) is 0 Å². The molecule has 1 aliphatic carbocycles. The van der Waals surface area contributed by atoms with Gasteiger partial charge in [-0.05, 0) is 57.1 Å². The largest absolute Gasteiger partial charge is 0.494 e. The molecule has 0 aromatic heterocycles. The Kier molecular flexibility index (Phi) is 6.14. The van der Waals surface area contributed by atoms with Gasteiger partial charge in [0.05, 0.1) is 13.2 Å². The van der Waals surface area contributed by atoms with Crippen LogP contribution < -0.4 is 4.74 Å². The molecule has 4 nitrogen and oxygen atoms in total. The fourth-order valence-corrected chi connectivity index (χ4v) is 3.93. The maximum atomic E-state index is 12.8. The van der Waals surface area contributed by atoms with E-state index >= 15 is 0 Å². The predicted molar refractivity (Wildman–Crippen MR) is 98.4 cm³/mol. The minimum atomic E-state index is -0.238. The minimum absolute atomic E-state index is 0.105. The number of carbonyl (C=O) groups is 1. The summed E-state index contributed by atoms with van der Waals surface area (Å²) in [7, 11) is 0. The molecule has 25 heavy (non-hydrogen) atoms. The summed E-state index contributed by atoms with van der Waals surface area (Å²) in [5.41, 5.74) is 0.735. The highest BCUT2D eigenvalue weighted by Crippen LogP contribution is 2.34. The summed E-state index contributed by atoms with van der Waals surface area (Å²) in [6, 6.07) is 9.76. The Morgan fingerprint density at radius 3 is 2.76 bits per heavy atom. The summed E-state index contributed by atoms with van der Waals surface area (Å²) in [5, 5.41) is 10.0. The molecule has 0 spiro atoms. The lowest BCUT2D eigenvalue weighted by Gasteiger charge is -2.42. The third kappa shape index (κ3) is 4.63. The molecule has 1 fully saturated rings. The molecule has 1 N–H and O–H groups in total. The number of carbonyl (C=O) groups excluding carboxylic acids is 1. The van der Waals surface area contributed by atoms with E-state index in [0.29, 0.717) is 13.2 Å². The number of piperidine rings is 1. The number of aliphatic hydroxyl groups is 1. The summed E-state index contributed by atoms with van der Waals surface area (Å²) in [5.74, 6) is 1.04. The second-order valence-corrected chi connectivity index (χ2v) is 7.38. The van der Waals surface area contributed by atoms with Crippen LogP contribution in [0.15, 0.2) is 42.0 Å². The Bertz CT molecular complexity index is 598. The number of nitrogens with zero attached hydrogens (tertiary/aromatic N) is 1. The molecule has 1 heterocycles. The molecule has 4 heteroatoms. The van der Waals surface area contributed by atoms with Gasteiger partial charge < -0.3 is 14.7 Å². The number of allylic oxidation sites excluding steroid dienone is 1. The van der Waals surface area contributed by atoms with E-state index < -0.39 is 0 Å². The number of hydrogen-bond donors (Lipinski definition) is 1. The number of para-hydroxylation sites is 1. The van der Waals surface area contributed by atoms with Crippen LogP contribution in [-0.2, 0) is 4.79 Å². The third-order valence-corrected chi connectivity index (χ3v) is 5.49. The van der Waals surface area contributed by atoms with Gasteiger partial charge in [-0.25, -0.2) is 0 Å². The van der Waals surface area contributed by atoms with Crippen molar-refractivity contribution in [1.82, 2.24) is 4.90 Å². The van der Waals surface area contributed by atoms with Crippen molar-refractivity contribution in [3.8, 4) is 5.75 Å². The van der Waals surface area contributed by atoms with Crippen molar-refractivity contribution in [3.63, 3.8) is 0 Å². The van der Waals surface area contributed by atoms with E-state index in [2.05, 4.69) is 6.08 Å². The summed E-state index contributed by atoms with van der Waals surface area (Å²) in [6.45, 7) is 2.11. The zero-order valence-corrected chi connectivity index (χ0v) is 15.0. The molecule has 1 aromatic carbocycles. The van der Waals surface area contributed by atoms with Gasteiger partial charge in [0.25, 0.3) is 0 Å². The van der Waals surface area contributed by atoms with Crippen molar-refractivity contribution in [1.29, 1.82) is 0 Å². The minimum Gasteiger partial charge on any atom is -0.494 e. The first-order valence-corrected chi connectivity index (χ1v) is 9.49. The molecule has 2 aliphatic rings. The number of aliphatic hydroxyl groups excluding tert-OH is 1. The van der Waals surface area contributed by atoms with E-state index in [1.807, 2.05) is 35.2 Å². The van der Waals surface area contributed by atoms with Gasteiger partial charge in [0.1, 0.15) is 5.75 Å². The molecule has 1 aromatic rings. The van der Waals surface area contributed by atoms with Gasteiger partial charge in [0.2, 0.25) is 5.91 Å². The molecular formula is C21H29NO3. The first-order chi connectivity index (χ1) is 12.2. The molecule has 1 atom stereocenters. The van der Waals surface area contributed by atoms with Gasteiger partial charge in [-0.15, -0.1) is 0 Å². The van der Waals surface area contributed by atoms with E-state index in [0.717, 1.165) is 56.4 Å². The maximum Gasteiger partial charge on any atom is 0.249 e. The quantitative estimate of drug-likeness (QED) is 0.859. The van der Waals surface area contributed by atoms with Gasteiger partial charge in [-0.3, -0.25) is 4.79 Å². The van der Waals surface area contributed by atoms with E-state index in [-0.39, 0.29) is 17.9 Å². The van der Waals surface area contributed by atoms with Crippen molar-refractivity contribution in [3.05, 3.63) is 42.0 Å². The van der Waals surface area contributed by atoms with Crippen molar-refractivity contribution < 1.29 is 14.6 Å². The predicted octanol–water partition coefficient (Wildman–Crippen LogP) is 3.56. The van der Waals surface area contributed by atoms with Crippen LogP contribution in [0.2, 0.25) is 0 Å². The molecule has 1 amide bonds. The Morgan fingerprint density at radius 1 is 1.20 bits per heavy atom. The van der Waals surface area contributed by atoms with Crippen LogP contribution in [0.4, 0.5) is 0 Å². The summed E-state index contributed by atoms with van der Waals surface area (Å²) in [4.78, 5) is 14.8. The van der Waals surface area contributed by atoms with Gasteiger partial charge in [0.15, 0.2) is 0 Å². The summed E-state index contributed by atoms with van der Waals surface area (Å²) >= 11 is 0. The molecule has 136 valence electrons. The van der Waals surface area contributed by atoms with Crippen LogP contribution in [0, 0.1) is 5.41 Å². The molecule has 1 saturated heterocycles. The van der Waals surface area contributed by atoms with Crippen LogP contribution in [-0.4, -0.2) is 42.2 Å². The first-order valence-electron chi connectivity index (χ1n) is 9.49. The highest BCUT2D eigenvalue weighted by molar-refractivity contribution is 5.93. The van der Waals surface area contributed by atoms with Crippen molar-refractivity contribution in [2.24, 2.45) is 5.41 Å². The molecule has 0 saturated carbocycles. The fraction of sp³-hybridized carbons (Fsp3) is 0.571. The second-order valence-electron chi connectivity index (χ2n) is 7.38. The second kappa shape index (κ2) is 8.52. The lowest BCUT2D eigenvalue weighted by Crippen LogP contribution is -2.49. The zero-order chi connectivity index (χ0) is 17.5. The first kappa shape index (κ1) is 18.0. The average Bonchev–Trinajstić information content (AvgIpc) is 2.69. The number of amides is 1. The summed E-state index contributed by atoms with van der Waals surface area (Å²) < 4.78 is 5.82. The number of rotatable bonds is 6. The lowest BCUT2D eigenvalue weighted by molar-refractivity contribution is -0.132.